The van der Waals surface area contributed by atoms with Gasteiger partial charge in [0.25, 0.3) is 0 Å². The van der Waals surface area contributed by atoms with Crippen LogP contribution in [0.5, 0.6) is 23.0 Å². The molecule has 0 saturated carbocycles. The van der Waals surface area contributed by atoms with Crippen molar-refractivity contribution >= 4 is 48.1 Å². The molecule has 0 aliphatic heterocycles. The Bertz CT molecular complexity index is 2300. The number of hydrogen-bond acceptors (Lipinski definition) is 4. The van der Waals surface area contributed by atoms with E-state index >= 15 is 0 Å². The van der Waals surface area contributed by atoms with Crippen LogP contribution >= 0.6 is 0 Å². The van der Waals surface area contributed by atoms with Gasteiger partial charge in [0, 0.05) is 55.1 Å². The number of benzene rings is 6. The van der Waals surface area contributed by atoms with Gasteiger partial charge < -0.3 is 20.4 Å². The van der Waals surface area contributed by atoms with Crippen LogP contribution in [-0.4, -0.2) is 36.6 Å². The largest absolute Gasteiger partial charge is 0.507 e. The van der Waals surface area contributed by atoms with Crippen LogP contribution in [0.1, 0.15) is 94.2 Å². The standard InChI is InChI=1S/C52H66O4Si2.Ti/c1-29(2)57(30(3)4,31(5)6)45-25-35(13)23-41(49(45)53)43-27-37-19-15-17-21-39(37)47(51(43)55)48-40-22-18-16-20-38(40)28-44(52(48)56)42-24-36(14)26-46(50(42)54)58(32(7)8,33(9)10)34(11)12;/h15-34,53-56H,1-14H3;. The molecular weight excluding hydrogens is 793 g/mol. The maximum absolute atomic E-state index is 12.9. The van der Waals surface area contributed by atoms with E-state index in [4.69, 9.17) is 0 Å². The topological polar surface area (TPSA) is 80.9 Å². The summed E-state index contributed by atoms with van der Waals surface area (Å²) in [5.41, 5.74) is 7.48. The fourth-order valence-electron chi connectivity index (χ4n) is 12.1. The molecular formula is C52H66O4Si2Ti. The minimum atomic E-state index is -2.33. The smallest absolute Gasteiger partial charge is 0.132 e. The van der Waals surface area contributed by atoms with Gasteiger partial charge in [-0.2, -0.15) is 0 Å². The van der Waals surface area contributed by atoms with Gasteiger partial charge in [0.05, 0.1) is 16.1 Å². The molecule has 0 saturated heterocycles. The molecule has 4 N–H and O–H groups in total. The van der Waals surface area contributed by atoms with Crippen LogP contribution < -0.4 is 10.4 Å². The molecule has 0 aliphatic rings. The van der Waals surface area contributed by atoms with Gasteiger partial charge in [-0.1, -0.05) is 155 Å². The van der Waals surface area contributed by atoms with Crippen molar-refractivity contribution in [3.63, 3.8) is 0 Å². The molecule has 6 aromatic carbocycles. The first-order chi connectivity index (χ1) is 27.2. The van der Waals surface area contributed by atoms with Crippen LogP contribution in [0.3, 0.4) is 0 Å². The molecule has 0 atom stereocenters. The van der Waals surface area contributed by atoms with E-state index in [2.05, 4.69) is 109 Å². The number of phenolic OH excluding ortho intramolecular Hbond substituents is 4. The van der Waals surface area contributed by atoms with Crippen molar-refractivity contribution in [3.05, 3.63) is 96.1 Å². The third-order valence-corrected chi connectivity index (χ3v) is 28.1. The van der Waals surface area contributed by atoms with Crippen LogP contribution in [0.2, 0.25) is 33.2 Å². The Balaban J connectivity index is 0.00000661. The van der Waals surface area contributed by atoms with E-state index in [1.165, 1.54) is 0 Å². The molecule has 0 amide bonds. The van der Waals surface area contributed by atoms with E-state index < -0.39 is 16.1 Å². The molecule has 0 fully saturated rings. The summed E-state index contributed by atoms with van der Waals surface area (Å²) in [7, 11) is -4.65. The number of fused-ring (bicyclic) bond motifs is 2. The maximum Gasteiger partial charge on any atom is 0.132 e. The predicted octanol–water partition coefficient (Wildman–Crippen LogP) is 14.2. The Morgan fingerprint density at radius 3 is 0.932 bits per heavy atom. The van der Waals surface area contributed by atoms with Gasteiger partial charge in [-0.05, 0) is 103 Å². The summed E-state index contributed by atoms with van der Waals surface area (Å²) in [5, 5.41) is 56.2. The molecule has 4 nitrogen and oxygen atoms in total. The predicted molar refractivity (Wildman–Crippen MR) is 255 cm³/mol. The molecule has 7 heteroatoms. The molecule has 0 radical (unpaired) electrons. The van der Waals surface area contributed by atoms with Crippen molar-refractivity contribution in [1.82, 2.24) is 0 Å². The summed E-state index contributed by atoms with van der Waals surface area (Å²) >= 11 is 0. The fraction of sp³-hybridized carbons (Fsp3) is 0.385. The van der Waals surface area contributed by atoms with Crippen molar-refractivity contribution in [2.45, 2.75) is 130 Å². The second-order valence-electron chi connectivity index (χ2n) is 18.9. The second kappa shape index (κ2) is 17.3. The molecule has 6 rings (SSSR count). The van der Waals surface area contributed by atoms with E-state index in [0.717, 1.165) is 43.0 Å². The van der Waals surface area contributed by atoms with E-state index in [9.17, 15) is 20.4 Å². The number of phenols is 4. The number of hydrogen-bond donors (Lipinski definition) is 4. The summed E-state index contributed by atoms with van der Waals surface area (Å²) in [4.78, 5) is 0. The third kappa shape index (κ3) is 7.30. The van der Waals surface area contributed by atoms with Crippen LogP contribution in [0.15, 0.2) is 84.9 Å². The number of rotatable bonds is 11. The average molecular weight is 859 g/mol. The molecule has 0 aliphatic carbocycles. The number of aryl methyl sites for hydroxylation is 2. The number of aromatic hydroxyl groups is 4. The van der Waals surface area contributed by atoms with Crippen molar-refractivity contribution in [2.24, 2.45) is 0 Å². The zero-order valence-corrected chi connectivity index (χ0v) is 41.4. The quantitative estimate of drug-likeness (QED) is 0.0979. The fourth-order valence-corrected chi connectivity index (χ4v) is 25.9. The third-order valence-electron chi connectivity index (χ3n) is 14.0. The maximum atomic E-state index is 12.9. The van der Waals surface area contributed by atoms with Gasteiger partial charge in [0.2, 0.25) is 0 Å². The summed E-state index contributed by atoms with van der Waals surface area (Å²) in [5.74, 6) is 0.458. The first-order valence-corrected chi connectivity index (χ1v) is 25.9. The molecule has 0 bridgehead atoms. The van der Waals surface area contributed by atoms with Gasteiger partial charge in [-0.15, -0.1) is 0 Å². The van der Waals surface area contributed by atoms with Gasteiger partial charge in [0.1, 0.15) is 23.0 Å². The van der Waals surface area contributed by atoms with Crippen molar-refractivity contribution < 1.29 is 42.1 Å². The van der Waals surface area contributed by atoms with Crippen LogP contribution in [0, 0.1) is 13.8 Å². The van der Waals surface area contributed by atoms with Gasteiger partial charge in [-0.3, -0.25) is 0 Å². The Kier molecular flexibility index (Phi) is 13.5. The minimum absolute atomic E-state index is 0. The van der Waals surface area contributed by atoms with Gasteiger partial charge in [-0.25, -0.2) is 0 Å². The second-order valence-corrected chi connectivity index (χ2v) is 30.7. The summed E-state index contributed by atoms with van der Waals surface area (Å²) in [6.07, 6.45) is 0. The molecule has 310 valence electrons. The molecule has 6 aromatic rings. The SMILES string of the molecule is Cc1cc(-c2cc3ccccc3c(-c3c(O)c(-c4cc(C)cc([Si](C(C)C)(C(C)C)C(C)C)c4O)cc4ccccc34)c2O)c(O)c([Si](C(C)C)(C(C)C)C(C)C)c1.[Ti]. The Morgan fingerprint density at radius 2 is 0.644 bits per heavy atom. The van der Waals surface area contributed by atoms with Crippen molar-refractivity contribution in [1.29, 1.82) is 0 Å². The van der Waals surface area contributed by atoms with E-state index in [1.807, 2.05) is 72.8 Å². The van der Waals surface area contributed by atoms with E-state index in [-0.39, 0.29) is 44.7 Å². The van der Waals surface area contributed by atoms with Crippen LogP contribution in [0.4, 0.5) is 0 Å². The Hall–Kier alpha value is -3.81. The first-order valence-electron chi connectivity index (χ1n) is 21.4. The molecule has 0 heterocycles. The van der Waals surface area contributed by atoms with Gasteiger partial charge in [0.15, 0.2) is 0 Å². The van der Waals surface area contributed by atoms with E-state index in [0.29, 0.717) is 66.6 Å². The molecule has 0 aromatic heterocycles. The molecule has 0 spiro atoms. The zero-order valence-electron chi connectivity index (χ0n) is 37.8. The zero-order chi connectivity index (χ0) is 42.8. The Morgan fingerprint density at radius 1 is 0.373 bits per heavy atom. The van der Waals surface area contributed by atoms with Crippen molar-refractivity contribution in [2.75, 3.05) is 0 Å². The first kappa shape index (κ1) is 46.3. The van der Waals surface area contributed by atoms with E-state index in [1.54, 1.807) is 0 Å². The molecule has 59 heavy (non-hydrogen) atoms. The molecule has 0 unspecified atom stereocenters. The summed E-state index contributed by atoms with van der Waals surface area (Å²) in [6.45, 7) is 31.7. The summed E-state index contributed by atoms with van der Waals surface area (Å²) in [6, 6.07) is 28.2. The van der Waals surface area contributed by atoms with Crippen LogP contribution in [-0.2, 0) is 21.7 Å². The van der Waals surface area contributed by atoms with Crippen molar-refractivity contribution in [3.8, 4) is 56.4 Å². The Labute approximate surface area is 370 Å². The average Bonchev–Trinajstić information content (AvgIpc) is 3.14. The minimum Gasteiger partial charge on any atom is -0.507 e. The summed E-state index contributed by atoms with van der Waals surface area (Å²) < 4.78 is 0. The van der Waals surface area contributed by atoms with Crippen LogP contribution in [0.25, 0.3) is 54.9 Å². The monoisotopic (exact) mass is 858 g/mol. The normalized spacial score (nSPS) is 12.6. The van der Waals surface area contributed by atoms with Gasteiger partial charge >= 0.3 is 0 Å².